The van der Waals surface area contributed by atoms with Gasteiger partial charge in [-0.05, 0) is 28.5 Å². The molecule has 0 aliphatic carbocycles. The molecular formula is C14H11N7. The molecule has 0 unspecified atom stereocenters. The van der Waals surface area contributed by atoms with Crippen LogP contribution in [-0.4, -0.2) is 30.6 Å². The fourth-order valence-corrected chi connectivity index (χ4v) is 2.38. The zero-order chi connectivity index (χ0) is 14.2. The van der Waals surface area contributed by atoms with Gasteiger partial charge in [-0.2, -0.15) is 5.21 Å². The Morgan fingerprint density at radius 3 is 2.57 bits per heavy atom. The fourth-order valence-electron chi connectivity index (χ4n) is 2.38. The lowest BCUT2D eigenvalue weighted by Crippen LogP contribution is -1.92. The van der Waals surface area contributed by atoms with Gasteiger partial charge >= 0.3 is 0 Å². The van der Waals surface area contributed by atoms with Crippen molar-refractivity contribution in [2.24, 2.45) is 0 Å². The maximum absolute atomic E-state index is 5.86. The third-order valence-electron chi connectivity index (χ3n) is 3.35. The summed E-state index contributed by atoms with van der Waals surface area (Å²) in [5, 5.41) is 15.0. The zero-order valence-electron chi connectivity index (χ0n) is 10.9. The van der Waals surface area contributed by atoms with Crippen LogP contribution in [0.2, 0.25) is 0 Å². The van der Waals surface area contributed by atoms with E-state index < -0.39 is 0 Å². The van der Waals surface area contributed by atoms with Gasteiger partial charge in [-0.3, -0.25) is 0 Å². The van der Waals surface area contributed by atoms with Crippen molar-refractivity contribution in [3.8, 4) is 22.5 Å². The lowest BCUT2D eigenvalue weighted by atomic mass is 10.0. The van der Waals surface area contributed by atoms with Gasteiger partial charge in [0.1, 0.15) is 11.5 Å². The van der Waals surface area contributed by atoms with Crippen molar-refractivity contribution in [2.45, 2.75) is 0 Å². The van der Waals surface area contributed by atoms with E-state index in [1.165, 1.54) is 0 Å². The van der Waals surface area contributed by atoms with E-state index in [1.807, 2.05) is 42.6 Å². The molecule has 0 fully saturated rings. The van der Waals surface area contributed by atoms with E-state index in [-0.39, 0.29) is 0 Å². The van der Waals surface area contributed by atoms with Crippen LogP contribution in [0, 0.1) is 0 Å². The van der Waals surface area contributed by atoms with Crippen LogP contribution in [0.5, 0.6) is 0 Å². The van der Waals surface area contributed by atoms with E-state index >= 15 is 0 Å². The zero-order valence-corrected chi connectivity index (χ0v) is 10.9. The van der Waals surface area contributed by atoms with Gasteiger partial charge in [0, 0.05) is 17.1 Å². The van der Waals surface area contributed by atoms with Gasteiger partial charge in [-0.25, -0.2) is 4.98 Å². The molecule has 0 radical (unpaired) electrons. The van der Waals surface area contributed by atoms with Gasteiger partial charge in [0.2, 0.25) is 5.82 Å². The highest BCUT2D eigenvalue weighted by Crippen LogP contribution is 2.30. The number of hydrogen-bond donors (Lipinski definition) is 3. The second kappa shape index (κ2) is 4.41. The Morgan fingerprint density at radius 2 is 1.81 bits per heavy atom. The minimum atomic E-state index is 0.488. The maximum atomic E-state index is 5.86. The number of benzene rings is 1. The first kappa shape index (κ1) is 11.6. The monoisotopic (exact) mass is 277 g/mol. The van der Waals surface area contributed by atoms with E-state index in [0.717, 1.165) is 27.7 Å². The molecule has 102 valence electrons. The highest BCUT2D eigenvalue weighted by Gasteiger charge is 2.09. The molecule has 4 aromatic rings. The molecule has 0 bridgehead atoms. The molecule has 4 N–H and O–H groups in total. The van der Waals surface area contributed by atoms with Crippen LogP contribution >= 0.6 is 0 Å². The molecule has 0 atom stereocenters. The number of nitrogens with zero attached hydrogens (tertiary/aromatic N) is 4. The SMILES string of the molecule is Nc1cc(-c2ccc(-c3nn[nH]n3)cc2)c2cc[nH]c2n1. The number of anilines is 1. The first-order valence-electron chi connectivity index (χ1n) is 6.39. The van der Waals surface area contributed by atoms with Crippen molar-refractivity contribution in [2.75, 3.05) is 5.73 Å². The number of nitrogens with one attached hydrogen (secondary N) is 2. The number of pyridine rings is 1. The third kappa shape index (κ3) is 1.91. The van der Waals surface area contributed by atoms with Gasteiger partial charge in [-0.15, -0.1) is 10.2 Å². The average Bonchev–Trinajstić information content (AvgIpc) is 3.17. The lowest BCUT2D eigenvalue weighted by Gasteiger charge is -2.05. The largest absolute Gasteiger partial charge is 0.384 e. The second-order valence-corrected chi connectivity index (χ2v) is 4.65. The highest BCUT2D eigenvalue weighted by atomic mass is 15.5. The minimum Gasteiger partial charge on any atom is -0.384 e. The number of nitrogens with two attached hydrogens (primary N) is 1. The van der Waals surface area contributed by atoms with Crippen LogP contribution in [0.3, 0.4) is 0 Å². The van der Waals surface area contributed by atoms with Crippen molar-refractivity contribution in [3.05, 3.63) is 42.6 Å². The van der Waals surface area contributed by atoms with Gasteiger partial charge in [0.25, 0.3) is 0 Å². The average molecular weight is 277 g/mol. The standard InChI is InChI=1S/C14H11N7/c15-12-7-11(10-5-6-16-14(10)17-12)8-1-3-9(4-2-8)13-18-20-21-19-13/h1-7H,(H3,15,16,17)(H,18,19,20,21). The van der Waals surface area contributed by atoms with Crippen molar-refractivity contribution in [3.63, 3.8) is 0 Å². The lowest BCUT2D eigenvalue weighted by molar-refractivity contribution is 0.881. The van der Waals surface area contributed by atoms with E-state index in [2.05, 4.69) is 30.6 Å². The van der Waals surface area contributed by atoms with Crippen LogP contribution in [0.1, 0.15) is 0 Å². The molecule has 3 heterocycles. The van der Waals surface area contributed by atoms with Gasteiger partial charge in [0.15, 0.2) is 0 Å². The molecule has 0 spiro atoms. The number of nitrogen functional groups attached to an aromatic ring is 1. The minimum absolute atomic E-state index is 0.488. The van der Waals surface area contributed by atoms with Crippen molar-refractivity contribution in [1.82, 2.24) is 30.6 Å². The number of H-pyrrole nitrogens is 2. The number of aromatic amines is 2. The van der Waals surface area contributed by atoms with Crippen molar-refractivity contribution in [1.29, 1.82) is 0 Å². The molecule has 0 saturated carbocycles. The third-order valence-corrected chi connectivity index (χ3v) is 3.35. The Hall–Kier alpha value is -3.22. The molecule has 0 amide bonds. The number of hydrogen-bond acceptors (Lipinski definition) is 5. The van der Waals surface area contributed by atoms with Gasteiger partial charge < -0.3 is 10.7 Å². The van der Waals surface area contributed by atoms with Crippen LogP contribution in [0.25, 0.3) is 33.5 Å². The molecular weight excluding hydrogens is 266 g/mol. The predicted octanol–water partition coefficient (Wildman–Crippen LogP) is 1.99. The summed E-state index contributed by atoms with van der Waals surface area (Å²) in [7, 11) is 0. The fraction of sp³-hybridized carbons (Fsp3) is 0. The van der Waals surface area contributed by atoms with Crippen LogP contribution in [0.15, 0.2) is 42.6 Å². The van der Waals surface area contributed by atoms with E-state index in [0.29, 0.717) is 11.6 Å². The molecule has 3 aromatic heterocycles. The molecule has 7 heteroatoms. The molecule has 0 aliphatic rings. The topological polar surface area (TPSA) is 109 Å². The van der Waals surface area contributed by atoms with Crippen molar-refractivity contribution < 1.29 is 0 Å². The van der Waals surface area contributed by atoms with Gasteiger partial charge in [0.05, 0.1) is 0 Å². The van der Waals surface area contributed by atoms with Crippen molar-refractivity contribution >= 4 is 16.9 Å². The van der Waals surface area contributed by atoms with Crippen LogP contribution in [0.4, 0.5) is 5.82 Å². The maximum Gasteiger partial charge on any atom is 0.204 e. The molecule has 1 aromatic carbocycles. The Morgan fingerprint density at radius 1 is 1.00 bits per heavy atom. The number of aromatic nitrogens is 6. The Balaban J connectivity index is 1.84. The summed E-state index contributed by atoms with van der Waals surface area (Å²) in [5.41, 5.74) is 9.65. The number of fused-ring (bicyclic) bond motifs is 1. The smallest absolute Gasteiger partial charge is 0.204 e. The van der Waals surface area contributed by atoms with Crippen LogP contribution in [-0.2, 0) is 0 Å². The summed E-state index contributed by atoms with van der Waals surface area (Å²) in [4.78, 5) is 7.35. The molecule has 0 aliphatic heterocycles. The Labute approximate surface area is 119 Å². The highest BCUT2D eigenvalue weighted by molar-refractivity contribution is 5.94. The summed E-state index contributed by atoms with van der Waals surface area (Å²) in [6, 6.07) is 11.8. The van der Waals surface area contributed by atoms with E-state index in [1.54, 1.807) is 0 Å². The molecule has 7 nitrogen and oxygen atoms in total. The summed E-state index contributed by atoms with van der Waals surface area (Å²) in [6.07, 6.45) is 1.86. The quantitative estimate of drug-likeness (QED) is 0.519. The number of tetrazole rings is 1. The predicted molar refractivity (Wildman–Crippen MR) is 79.1 cm³/mol. The second-order valence-electron chi connectivity index (χ2n) is 4.65. The Bertz CT molecular complexity index is 891. The van der Waals surface area contributed by atoms with E-state index in [4.69, 9.17) is 5.73 Å². The number of rotatable bonds is 2. The summed E-state index contributed by atoms with van der Waals surface area (Å²) >= 11 is 0. The van der Waals surface area contributed by atoms with E-state index in [9.17, 15) is 0 Å². The summed E-state index contributed by atoms with van der Waals surface area (Å²) in [6.45, 7) is 0. The summed E-state index contributed by atoms with van der Waals surface area (Å²) in [5.74, 6) is 1.06. The molecule has 21 heavy (non-hydrogen) atoms. The first-order valence-corrected chi connectivity index (χ1v) is 6.39. The summed E-state index contributed by atoms with van der Waals surface area (Å²) < 4.78 is 0. The molecule has 4 rings (SSSR count). The Kier molecular flexibility index (Phi) is 2.43. The molecule has 0 saturated heterocycles. The van der Waals surface area contributed by atoms with Gasteiger partial charge in [-0.1, -0.05) is 24.3 Å². The first-order chi connectivity index (χ1) is 10.3. The normalized spacial score (nSPS) is 11.0. The van der Waals surface area contributed by atoms with Crippen LogP contribution < -0.4 is 5.73 Å².